The standard InChI is InChI=1S/C19H24Cl2N4O/c1-19(2,7-12-4-5-14(20)6-17(12)21)24-18(26)16-10-22-9-15(16)13-8-23-25(3)11-13/h4-6,8,11,15-16,22H,7,9-10H2,1-3H3,(H,24,26)/t15-,16+/m1/s1. The third-order valence-electron chi connectivity index (χ3n) is 4.81. The van der Waals surface area contributed by atoms with E-state index in [0.29, 0.717) is 23.0 Å². The van der Waals surface area contributed by atoms with E-state index in [-0.39, 0.29) is 17.7 Å². The van der Waals surface area contributed by atoms with Crippen LogP contribution in [0.2, 0.25) is 10.0 Å². The van der Waals surface area contributed by atoms with Crippen molar-refractivity contribution in [2.45, 2.75) is 31.7 Å². The molecule has 2 aromatic rings. The number of carbonyl (C=O) groups is 1. The largest absolute Gasteiger partial charge is 0.351 e. The molecule has 2 N–H and O–H groups in total. The summed E-state index contributed by atoms with van der Waals surface area (Å²) in [4.78, 5) is 12.9. The molecule has 0 spiro atoms. The summed E-state index contributed by atoms with van der Waals surface area (Å²) in [5.74, 6) is 0.0803. The van der Waals surface area contributed by atoms with Crippen molar-refractivity contribution >= 4 is 29.1 Å². The average Bonchev–Trinajstić information content (AvgIpc) is 3.18. The molecule has 2 atom stereocenters. The highest BCUT2D eigenvalue weighted by Gasteiger charge is 2.36. The summed E-state index contributed by atoms with van der Waals surface area (Å²) in [6, 6.07) is 5.46. The molecule has 1 aromatic carbocycles. The number of nitrogens with zero attached hydrogens (tertiary/aromatic N) is 2. The molecular formula is C19H24Cl2N4O. The number of nitrogens with one attached hydrogen (secondary N) is 2. The molecule has 1 aromatic heterocycles. The number of aryl methyl sites for hydroxylation is 1. The lowest BCUT2D eigenvalue weighted by molar-refractivity contribution is -0.126. The minimum absolute atomic E-state index is 0.0546. The monoisotopic (exact) mass is 394 g/mol. The van der Waals surface area contributed by atoms with Crippen molar-refractivity contribution in [1.82, 2.24) is 20.4 Å². The number of amides is 1. The van der Waals surface area contributed by atoms with E-state index in [1.54, 1.807) is 10.7 Å². The molecule has 1 amide bonds. The number of carbonyl (C=O) groups excluding carboxylic acids is 1. The number of hydrogen-bond acceptors (Lipinski definition) is 3. The van der Waals surface area contributed by atoms with E-state index in [9.17, 15) is 4.79 Å². The predicted molar refractivity (Wildman–Crippen MR) is 105 cm³/mol. The van der Waals surface area contributed by atoms with E-state index in [4.69, 9.17) is 23.2 Å². The molecule has 7 heteroatoms. The lowest BCUT2D eigenvalue weighted by Crippen LogP contribution is -2.48. The van der Waals surface area contributed by atoms with Crippen LogP contribution in [0.5, 0.6) is 0 Å². The second-order valence-electron chi connectivity index (χ2n) is 7.60. The Kier molecular flexibility index (Phi) is 5.61. The zero-order chi connectivity index (χ0) is 18.9. The Morgan fingerprint density at radius 1 is 1.38 bits per heavy atom. The van der Waals surface area contributed by atoms with Crippen molar-refractivity contribution in [3.8, 4) is 0 Å². The summed E-state index contributed by atoms with van der Waals surface area (Å²) in [6.07, 6.45) is 4.46. The van der Waals surface area contributed by atoms with Gasteiger partial charge in [0.15, 0.2) is 0 Å². The van der Waals surface area contributed by atoms with E-state index in [2.05, 4.69) is 15.7 Å². The first-order chi connectivity index (χ1) is 12.2. The van der Waals surface area contributed by atoms with Gasteiger partial charge in [-0.2, -0.15) is 5.10 Å². The van der Waals surface area contributed by atoms with E-state index in [1.807, 2.05) is 45.4 Å². The lowest BCUT2D eigenvalue weighted by atomic mass is 9.88. The van der Waals surface area contributed by atoms with Gasteiger partial charge in [0.05, 0.1) is 12.1 Å². The molecule has 2 heterocycles. The normalized spacial score (nSPS) is 20.3. The fourth-order valence-corrected chi connectivity index (χ4v) is 4.02. The SMILES string of the molecule is Cn1cc([C@H]2CNC[C@@H]2C(=O)NC(C)(C)Cc2ccc(Cl)cc2Cl)cn1. The number of halogens is 2. The van der Waals surface area contributed by atoms with Crippen molar-refractivity contribution in [1.29, 1.82) is 0 Å². The molecule has 140 valence electrons. The predicted octanol–water partition coefficient (Wildman–Crippen LogP) is 3.17. The van der Waals surface area contributed by atoms with E-state index in [1.165, 1.54) is 0 Å². The maximum Gasteiger partial charge on any atom is 0.225 e. The summed E-state index contributed by atoms with van der Waals surface area (Å²) in [5.41, 5.74) is 1.64. The summed E-state index contributed by atoms with van der Waals surface area (Å²) < 4.78 is 1.77. The van der Waals surface area contributed by atoms with Crippen molar-refractivity contribution in [2.75, 3.05) is 13.1 Å². The Labute approximate surface area is 164 Å². The second-order valence-corrected chi connectivity index (χ2v) is 8.45. The highest BCUT2D eigenvalue weighted by molar-refractivity contribution is 6.35. The first kappa shape index (κ1) is 19.2. The van der Waals surface area contributed by atoms with Crippen LogP contribution in [0.1, 0.15) is 30.9 Å². The fourth-order valence-electron chi connectivity index (χ4n) is 3.55. The van der Waals surface area contributed by atoms with Gasteiger partial charge in [-0.1, -0.05) is 29.3 Å². The Morgan fingerprint density at radius 3 is 2.81 bits per heavy atom. The highest BCUT2D eigenvalue weighted by Crippen LogP contribution is 2.29. The van der Waals surface area contributed by atoms with E-state index < -0.39 is 5.54 Å². The van der Waals surface area contributed by atoms with Crippen molar-refractivity contribution in [2.24, 2.45) is 13.0 Å². The Balaban J connectivity index is 1.69. The van der Waals surface area contributed by atoms with Crippen LogP contribution in [0, 0.1) is 5.92 Å². The molecule has 1 saturated heterocycles. The minimum atomic E-state index is -0.420. The molecule has 0 radical (unpaired) electrons. The Morgan fingerprint density at radius 2 is 2.15 bits per heavy atom. The quantitative estimate of drug-likeness (QED) is 0.818. The summed E-state index contributed by atoms with van der Waals surface area (Å²) in [6.45, 7) is 5.48. The molecule has 5 nitrogen and oxygen atoms in total. The maximum atomic E-state index is 12.9. The number of rotatable bonds is 5. The van der Waals surface area contributed by atoms with Crippen LogP contribution >= 0.6 is 23.2 Å². The molecule has 1 aliphatic rings. The molecule has 0 unspecified atom stereocenters. The summed E-state index contributed by atoms with van der Waals surface area (Å²) >= 11 is 12.3. The zero-order valence-electron chi connectivity index (χ0n) is 15.2. The number of aromatic nitrogens is 2. The van der Waals surface area contributed by atoms with Crippen LogP contribution < -0.4 is 10.6 Å². The third-order valence-corrected chi connectivity index (χ3v) is 5.40. The zero-order valence-corrected chi connectivity index (χ0v) is 16.7. The molecule has 0 bridgehead atoms. The van der Waals surface area contributed by atoms with Gasteiger partial charge in [-0.15, -0.1) is 0 Å². The van der Waals surface area contributed by atoms with Gasteiger partial charge >= 0.3 is 0 Å². The Bertz CT molecular complexity index is 803. The van der Waals surface area contributed by atoms with Gasteiger partial charge in [0.2, 0.25) is 5.91 Å². The molecule has 1 fully saturated rings. The topological polar surface area (TPSA) is 59.0 Å². The number of benzene rings is 1. The first-order valence-electron chi connectivity index (χ1n) is 8.70. The van der Waals surface area contributed by atoms with Crippen molar-refractivity contribution < 1.29 is 4.79 Å². The lowest BCUT2D eigenvalue weighted by Gasteiger charge is -2.29. The van der Waals surface area contributed by atoms with Gasteiger partial charge in [-0.25, -0.2) is 0 Å². The molecule has 26 heavy (non-hydrogen) atoms. The van der Waals surface area contributed by atoms with Crippen LogP contribution in [0.4, 0.5) is 0 Å². The molecular weight excluding hydrogens is 371 g/mol. The average molecular weight is 395 g/mol. The smallest absolute Gasteiger partial charge is 0.225 e. The van der Waals surface area contributed by atoms with Crippen LogP contribution in [-0.2, 0) is 18.3 Å². The van der Waals surface area contributed by atoms with Crippen LogP contribution in [0.25, 0.3) is 0 Å². The molecule has 0 aliphatic carbocycles. The van der Waals surface area contributed by atoms with Gasteiger partial charge < -0.3 is 10.6 Å². The molecule has 3 rings (SSSR count). The van der Waals surface area contributed by atoms with Gasteiger partial charge in [0.1, 0.15) is 0 Å². The summed E-state index contributed by atoms with van der Waals surface area (Å²) in [5, 5.41) is 12.0. The van der Waals surface area contributed by atoms with E-state index >= 15 is 0 Å². The fraction of sp³-hybridized carbons (Fsp3) is 0.474. The minimum Gasteiger partial charge on any atom is -0.351 e. The van der Waals surface area contributed by atoms with Crippen LogP contribution in [0.15, 0.2) is 30.6 Å². The maximum absolute atomic E-state index is 12.9. The molecule has 0 saturated carbocycles. The van der Waals surface area contributed by atoms with Gasteiger partial charge in [0.25, 0.3) is 0 Å². The first-order valence-corrected chi connectivity index (χ1v) is 9.46. The Hall–Kier alpha value is -1.56. The second kappa shape index (κ2) is 7.59. The number of hydrogen-bond donors (Lipinski definition) is 2. The molecule has 1 aliphatic heterocycles. The highest BCUT2D eigenvalue weighted by atomic mass is 35.5. The van der Waals surface area contributed by atoms with Crippen molar-refractivity contribution in [3.63, 3.8) is 0 Å². The van der Waals surface area contributed by atoms with Gasteiger partial charge in [-0.3, -0.25) is 9.48 Å². The van der Waals surface area contributed by atoms with Crippen LogP contribution in [0.3, 0.4) is 0 Å². The third kappa shape index (κ3) is 4.40. The van der Waals surface area contributed by atoms with Gasteiger partial charge in [0, 0.05) is 47.8 Å². The summed E-state index contributed by atoms with van der Waals surface area (Å²) in [7, 11) is 1.89. The van der Waals surface area contributed by atoms with Crippen molar-refractivity contribution in [3.05, 3.63) is 51.8 Å². The van der Waals surface area contributed by atoms with E-state index in [0.717, 1.165) is 17.7 Å². The van der Waals surface area contributed by atoms with Gasteiger partial charge in [-0.05, 0) is 43.5 Å². The van der Waals surface area contributed by atoms with Crippen LogP contribution in [-0.4, -0.2) is 34.3 Å².